The van der Waals surface area contributed by atoms with Crippen LogP contribution in [0.3, 0.4) is 0 Å². The number of carboxylic acids is 1. The number of nitrogens with one attached hydrogen (secondary N) is 1. The number of hydrogen-bond acceptors (Lipinski definition) is 5. The number of thiazole rings is 1. The Morgan fingerprint density at radius 2 is 2.29 bits per heavy atom. The van der Waals surface area contributed by atoms with Crippen LogP contribution in [0.1, 0.15) is 30.8 Å². The van der Waals surface area contributed by atoms with Gasteiger partial charge in [0.05, 0.1) is 6.26 Å². The number of amides is 1. The van der Waals surface area contributed by atoms with Crippen molar-refractivity contribution in [3.8, 4) is 10.6 Å². The molecule has 2 aromatic rings. The molecule has 0 spiro atoms. The van der Waals surface area contributed by atoms with Crippen LogP contribution in [0.25, 0.3) is 10.6 Å². The third-order valence-electron chi connectivity index (χ3n) is 3.27. The lowest BCUT2D eigenvalue weighted by Gasteiger charge is -2.19. The Labute approximate surface area is 125 Å². The van der Waals surface area contributed by atoms with Crippen molar-refractivity contribution in [1.82, 2.24) is 10.3 Å². The number of aliphatic carboxylic acids is 1. The standard InChI is InChI=1S/C14H16N2O4S/c1-3-8(2)11(14(18)19)16-12(17)10-7-21-13(15-10)9-4-5-20-6-9/h4-8,11H,3H2,1-2H3,(H,16,17)(H,18,19)/t8-,11-/m0/s1. The van der Waals surface area contributed by atoms with E-state index < -0.39 is 17.9 Å². The molecule has 0 saturated heterocycles. The Morgan fingerprint density at radius 1 is 1.52 bits per heavy atom. The number of nitrogens with zero attached hydrogens (tertiary/aromatic N) is 1. The molecule has 0 aliphatic rings. The van der Waals surface area contributed by atoms with E-state index in [0.717, 1.165) is 5.56 Å². The number of rotatable bonds is 6. The SMILES string of the molecule is CC[C@H](C)[C@H](NC(=O)c1csc(-c2ccoc2)n1)C(=O)O. The summed E-state index contributed by atoms with van der Waals surface area (Å²) in [4.78, 5) is 27.5. The fourth-order valence-corrected chi connectivity index (χ4v) is 2.58. The number of hydrogen-bond donors (Lipinski definition) is 2. The van der Waals surface area contributed by atoms with Crippen LogP contribution in [-0.4, -0.2) is 28.0 Å². The maximum atomic E-state index is 12.1. The van der Waals surface area contributed by atoms with E-state index in [1.807, 2.05) is 6.92 Å². The third kappa shape index (κ3) is 3.49. The summed E-state index contributed by atoms with van der Waals surface area (Å²) in [6.07, 6.45) is 3.73. The number of furan rings is 1. The van der Waals surface area contributed by atoms with Gasteiger partial charge in [0, 0.05) is 10.9 Å². The molecule has 0 saturated carbocycles. The lowest BCUT2D eigenvalue weighted by molar-refractivity contribution is -0.140. The first kappa shape index (κ1) is 15.2. The van der Waals surface area contributed by atoms with Gasteiger partial charge in [-0.05, 0) is 12.0 Å². The summed E-state index contributed by atoms with van der Waals surface area (Å²) < 4.78 is 4.97. The third-order valence-corrected chi connectivity index (χ3v) is 4.16. The predicted octanol–water partition coefficient (Wildman–Crippen LogP) is 2.63. The Hall–Kier alpha value is -2.15. The first-order valence-electron chi connectivity index (χ1n) is 6.54. The topological polar surface area (TPSA) is 92.4 Å². The molecular weight excluding hydrogens is 292 g/mol. The van der Waals surface area contributed by atoms with Gasteiger partial charge >= 0.3 is 5.97 Å². The highest BCUT2D eigenvalue weighted by molar-refractivity contribution is 7.13. The predicted molar refractivity (Wildman–Crippen MR) is 78.2 cm³/mol. The second-order valence-corrected chi connectivity index (χ2v) is 5.58. The molecule has 6 nitrogen and oxygen atoms in total. The second-order valence-electron chi connectivity index (χ2n) is 4.72. The molecule has 0 aliphatic heterocycles. The Balaban J connectivity index is 2.11. The minimum atomic E-state index is -1.04. The van der Waals surface area contributed by atoms with E-state index in [9.17, 15) is 14.7 Å². The van der Waals surface area contributed by atoms with E-state index >= 15 is 0 Å². The maximum absolute atomic E-state index is 12.1. The molecule has 2 heterocycles. The summed E-state index contributed by atoms with van der Waals surface area (Å²) in [6, 6.07) is 0.835. The van der Waals surface area contributed by atoms with Crippen molar-refractivity contribution in [3.05, 3.63) is 29.7 Å². The summed E-state index contributed by atoms with van der Waals surface area (Å²) in [5.41, 5.74) is 1.00. The van der Waals surface area contributed by atoms with Crippen LogP contribution in [0, 0.1) is 5.92 Å². The molecule has 1 amide bonds. The minimum absolute atomic E-state index is 0.154. The molecule has 0 aromatic carbocycles. The van der Waals surface area contributed by atoms with Gasteiger partial charge in [0.1, 0.15) is 23.0 Å². The molecule has 0 aliphatic carbocycles. The smallest absolute Gasteiger partial charge is 0.326 e. The number of carboxylic acid groups (broad SMARTS) is 1. The fourth-order valence-electron chi connectivity index (χ4n) is 1.80. The average Bonchev–Trinajstić information content (AvgIpc) is 3.12. The summed E-state index contributed by atoms with van der Waals surface area (Å²) in [7, 11) is 0. The number of carbonyl (C=O) groups is 2. The highest BCUT2D eigenvalue weighted by Gasteiger charge is 2.26. The van der Waals surface area contributed by atoms with Gasteiger partial charge in [0.2, 0.25) is 0 Å². The largest absolute Gasteiger partial charge is 0.480 e. The summed E-state index contributed by atoms with van der Waals surface area (Å²) in [5.74, 6) is -1.67. The van der Waals surface area contributed by atoms with Gasteiger partial charge in [-0.15, -0.1) is 11.3 Å². The monoisotopic (exact) mass is 308 g/mol. The van der Waals surface area contributed by atoms with Crippen LogP contribution in [0.5, 0.6) is 0 Å². The van der Waals surface area contributed by atoms with Crippen molar-refractivity contribution in [2.24, 2.45) is 5.92 Å². The van der Waals surface area contributed by atoms with Crippen LogP contribution in [0.15, 0.2) is 28.4 Å². The molecule has 0 fully saturated rings. The molecule has 21 heavy (non-hydrogen) atoms. The lowest BCUT2D eigenvalue weighted by Crippen LogP contribution is -2.45. The first-order chi connectivity index (χ1) is 10.0. The van der Waals surface area contributed by atoms with Gasteiger partial charge in [-0.25, -0.2) is 9.78 Å². The molecule has 2 aromatic heterocycles. The Kier molecular flexibility index (Phi) is 4.74. The maximum Gasteiger partial charge on any atom is 0.326 e. The summed E-state index contributed by atoms with van der Waals surface area (Å²) in [6.45, 7) is 3.67. The van der Waals surface area contributed by atoms with Crippen molar-refractivity contribution < 1.29 is 19.1 Å². The number of carbonyl (C=O) groups excluding carboxylic acids is 1. The molecule has 2 atom stereocenters. The molecule has 0 radical (unpaired) electrons. The van der Waals surface area contributed by atoms with Crippen molar-refractivity contribution in [1.29, 1.82) is 0 Å². The number of aromatic nitrogens is 1. The first-order valence-corrected chi connectivity index (χ1v) is 7.42. The zero-order chi connectivity index (χ0) is 15.4. The fraction of sp³-hybridized carbons (Fsp3) is 0.357. The van der Waals surface area contributed by atoms with Crippen LogP contribution in [0.4, 0.5) is 0 Å². The molecule has 2 rings (SSSR count). The Bertz CT molecular complexity index is 621. The average molecular weight is 308 g/mol. The zero-order valence-corrected chi connectivity index (χ0v) is 12.5. The highest BCUT2D eigenvalue weighted by atomic mass is 32.1. The van der Waals surface area contributed by atoms with Crippen molar-refractivity contribution in [3.63, 3.8) is 0 Å². The second kappa shape index (κ2) is 6.53. The van der Waals surface area contributed by atoms with Crippen molar-refractivity contribution in [2.75, 3.05) is 0 Å². The van der Waals surface area contributed by atoms with Gasteiger partial charge in [-0.3, -0.25) is 4.79 Å². The lowest BCUT2D eigenvalue weighted by atomic mass is 9.99. The van der Waals surface area contributed by atoms with Gasteiger partial charge in [-0.2, -0.15) is 0 Å². The van der Waals surface area contributed by atoms with Gasteiger partial charge in [0.25, 0.3) is 5.91 Å². The summed E-state index contributed by atoms with van der Waals surface area (Å²) >= 11 is 1.31. The quantitative estimate of drug-likeness (QED) is 0.855. The zero-order valence-electron chi connectivity index (χ0n) is 11.7. The molecule has 0 bridgehead atoms. The van der Waals surface area contributed by atoms with Crippen LogP contribution < -0.4 is 5.32 Å². The van der Waals surface area contributed by atoms with Crippen LogP contribution in [0.2, 0.25) is 0 Å². The van der Waals surface area contributed by atoms with Gasteiger partial charge in [0.15, 0.2) is 0 Å². The van der Waals surface area contributed by atoms with E-state index in [2.05, 4.69) is 10.3 Å². The van der Waals surface area contributed by atoms with Crippen molar-refractivity contribution >= 4 is 23.2 Å². The van der Waals surface area contributed by atoms with Gasteiger partial charge in [-0.1, -0.05) is 20.3 Å². The molecule has 7 heteroatoms. The molecule has 0 unspecified atom stereocenters. The van der Waals surface area contributed by atoms with E-state index in [1.54, 1.807) is 24.6 Å². The highest BCUT2D eigenvalue weighted by Crippen LogP contribution is 2.24. The van der Waals surface area contributed by atoms with E-state index in [0.29, 0.717) is 11.4 Å². The minimum Gasteiger partial charge on any atom is -0.480 e. The molecular formula is C14H16N2O4S. The van der Waals surface area contributed by atoms with E-state index in [1.165, 1.54) is 17.6 Å². The van der Waals surface area contributed by atoms with E-state index in [-0.39, 0.29) is 11.6 Å². The molecule has 2 N–H and O–H groups in total. The summed E-state index contributed by atoms with van der Waals surface area (Å²) in [5, 5.41) is 14.0. The van der Waals surface area contributed by atoms with E-state index in [4.69, 9.17) is 4.42 Å². The van der Waals surface area contributed by atoms with Crippen molar-refractivity contribution in [2.45, 2.75) is 26.3 Å². The van der Waals surface area contributed by atoms with Crippen LogP contribution in [-0.2, 0) is 4.79 Å². The molecule has 112 valence electrons. The Morgan fingerprint density at radius 3 is 2.86 bits per heavy atom. The van der Waals surface area contributed by atoms with Crippen LogP contribution >= 0.6 is 11.3 Å². The van der Waals surface area contributed by atoms with Gasteiger partial charge < -0.3 is 14.8 Å². The normalized spacial score (nSPS) is 13.6.